The molecule has 2 aromatic carbocycles. The third-order valence-corrected chi connectivity index (χ3v) is 5.53. The number of carbonyl (C=O) groups excluding carboxylic acids is 1. The fourth-order valence-electron chi connectivity index (χ4n) is 4.34. The number of oxime groups is 1. The smallest absolute Gasteiger partial charge is 0.254 e. The Balaban J connectivity index is 1.87. The quantitative estimate of drug-likeness (QED) is 0.533. The Morgan fingerprint density at radius 1 is 1.00 bits per heavy atom. The molecule has 0 unspecified atom stereocenters. The van der Waals surface area contributed by atoms with E-state index in [0.29, 0.717) is 11.3 Å². The molecule has 1 fully saturated rings. The number of amides is 1. The molecule has 0 spiro atoms. The van der Waals surface area contributed by atoms with Gasteiger partial charge in [-0.25, -0.2) is 0 Å². The highest BCUT2D eigenvalue weighted by atomic mass is 16.4. The normalized spacial score (nSPS) is 23.4. The van der Waals surface area contributed by atoms with Gasteiger partial charge in [0.25, 0.3) is 5.91 Å². The predicted octanol–water partition coefficient (Wildman–Crippen LogP) is 4.30. The highest BCUT2D eigenvalue weighted by Crippen LogP contribution is 2.40. The fraction of sp³-hybridized carbons (Fsp3) is 0.333. The minimum Gasteiger partial charge on any atom is -0.410 e. The monoisotopic (exact) mass is 334 g/mol. The van der Waals surface area contributed by atoms with Crippen molar-refractivity contribution in [1.29, 1.82) is 0 Å². The second-order valence-corrected chi connectivity index (χ2v) is 7.06. The van der Waals surface area contributed by atoms with E-state index in [0.717, 1.165) is 35.1 Å². The number of fused-ring (bicyclic) bond motifs is 3. The number of carbonyl (C=O) groups is 1. The van der Waals surface area contributed by atoms with Gasteiger partial charge in [0.2, 0.25) is 0 Å². The number of hydrogen-bond acceptors (Lipinski definition) is 3. The second kappa shape index (κ2) is 6.03. The van der Waals surface area contributed by atoms with Crippen LogP contribution in [0.3, 0.4) is 0 Å². The highest BCUT2D eigenvalue weighted by Gasteiger charge is 2.34. The lowest BCUT2D eigenvalue weighted by Crippen LogP contribution is -2.47. The SMILES string of the molecule is C[C@@H]1CCC[C@H](C)N1C(=O)c1cccc2c1-c1ccccc1/C2=N/O. The van der Waals surface area contributed by atoms with Gasteiger partial charge in [0.05, 0.1) is 0 Å². The summed E-state index contributed by atoms with van der Waals surface area (Å²) in [4.78, 5) is 15.4. The van der Waals surface area contributed by atoms with Crippen molar-refractivity contribution in [3.05, 3.63) is 59.2 Å². The Bertz CT molecular complexity index is 862. The number of likely N-dealkylation sites (tertiary alicyclic amines) is 1. The molecule has 4 heteroatoms. The van der Waals surface area contributed by atoms with Gasteiger partial charge in [0.1, 0.15) is 5.71 Å². The lowest BCUT2D eigenvalue weighted by molar-refractivity contribution is 0.0511. The minimum absolute atomic E-state index is 0.0746. The molecule has 2 atom stereocenters. The van der Waals surface area contributed by atoms with Crippen LogP contribution in [0.15, 0.2) is 47.6 Å². The van der Waals surface area contributed by atoms with Crippen molar-refractivity contribution in [2.75, 3.05) is 0 Å². The molecule has 1 aliphatic carbocycles. The number of piperidine rings is 1. The van der Waals surface area contributed by atoms with Crippen LogP contribution in [0.5, 0.6) is 0 Å². The van der Waals surface area contributed by atoms with Crippen LogP contribution in [0.1, 0.15) is 54.6 Å². The maximum absolute atomic E-state index is 13.4. The van der Waals surface area contributed by atoms with Gasteiger partial charge in [-0.2, -0.15) is 0 Å². The first kappa shape index (κ1) is 15.9. The molecule has 1 N–H and O–H groups in total. The second-order valence-electron chi connectivity index (χ2n) is 7.06. The first-order valence-electron chi connectivity index (χ1n) is 8.91. The van der Waals surface area contributed by atoms with Crippen LogP contribution in [0.25, 0.3) is 11.1 Å². The van der Waals surface area contributed by atoms with Crippen molar-refractivity contribution in [3.63, 3.8) is 0 Å². The maximum atomic E-state index is 13.4. The number of rotatable bonds is 1. The van der Waals surface area contributed by atoms with Gasteiger partial charge in [0, 0.05) is 34.3 Å². The van der Waals surface area contributed by atoms with Crippen LogP contribution in [-0.2, 0) is 0 Å². The molecule has 128 valence electrons. The highest BCUT2D eigenvalue weighted by molar-refractivity contribution is 6.26. The molecular weight excluding hydrogens is 312 g/mol. The molecule has 1 aliphatic heterocycles. The molecule has 1 heterocycles. The first-order valence-corrected chi connectivity index (χ1v) is 8.91. The van der Waals surface area contributed by atoms with E-state index in [1.807, 2.05) is 47.4 Å². The van der Waals surface area contributed by atoms with Crippen molar-refractivity contribution < 1.29 is 10.0 Å². The number of benzene rings is 2. The van der Waals surface area contributed by atoms with E-state index < -0.39 is 0 Å². The van der Waals surface area contributed by atoms with Crippen molar-refractivity contribution in [2.45, 2.75) is 45.2 Å². The summed E-state index contributed by atoms with van der Waals surface area (Å²) in [6.45, 7) is 4.26. The lowest BCUT2D eigenvalue weighted by Gasteiger charge is -2.39. The van der Waals surface area contributed by atoms with Crippen molar-refractivity contribution in [1.82, 2.24) is 4.90 Å². The first-order chi connectivity index (χ1) is 12.1. The van der Waals surface area contributed by atoms with Crippen molar-refractivity contribution in [3.8, 4) is 11.1 Å². The average molecular weight is 334 g/mol. The zero-order chi connectivity index (χ0) is 17.6. The van der Waals surface area contributed by atoms with Crippen molar-refractivity contribution in [2.24, 2.45) is 5.16 Å². The lowest BCUT2D eigenvalue weighted by atomic mass is 9.93. The van der Waals surface area contributed by atoms with Crippen LogP contribution in [-0.4, -0.2) is 33.8 Å². The van der Waals surface area contributed by atoms with Gasteiger partial charge < -0.3 is 10.1 Å². The molecule has 0 saturated carbocycles. The Hall–Kier alpha value is -2.62. The molecular formula is C21H22N2O2. The summed E-state index contributed by atoms with van der Waals surface area (Å²) < 4.78 is 0. The third kappa shape index (κ3) is 2.36. The summed E-state index contributed by atoms with van der Waals surface area (Å²) in [5, 5.41) is 13.0. The maximum Gasteiger partial charge on any atom is 0.254 e. The molecule has 0 bridgehead atoms. The predicted molar refractivity (Wildman–Crippen MR) is 98.2 cm³/mol. The molecule has 2 aliphatic rings. The largest absolute Gasteiger partial charge is 0.410 e. The molecule has 0 aromatic heterocycles. The number of nitrogens with zero attached hydrogens (tertiary/aromatic N) is 2. The summed E-state index contributed by atoms with van der Waals surface area (Å²) in [6, 6.07) is 14.0. The van der Waals surface area contributed by atoms with E-state index in [4.69, 9.17) is 0 Å². The van der Waals surface area contributed by atoms with E-state index in [1.54, 1.807) is 0 Å². The van der Waals surface area contributed by atoms with Gasteiger partial charge >= 0.3 is 0 Å². The summed E-state index contributed by atoms with van der Waals surface area (Å²) in [6.07, 6.45) is 3.26. The van der Waals surface area contributed by atoms with E-state index in [9.17, 15) is 10.0 Å². The van der Waals surface area contributed by atoms with Crippen molar-refractivity contribution >= 4 is 11.6 Å². The summed E-state index contributed by atoms with van der Waals surface area (Å²) in [5.74, 6) is 0.0746. The van der Waals surface area contributed by atoms with Crippen LogP contribution >= 0.6 is 0 Å². The average Bonchev–Trinajstić information content (AvgIpc) is 2.95. The summed E-state index contributed by atoms with van der Waals surface area (Å²) in [7, 11) is 0. The van der Waals surface area contributed by atoms with Gasteiger partial charge in [-0.15, -0.1) is 0 Å². The molecule has 4 rings (SSSR count). The summed E-state index contributed by atoms with van der Waals surface area (Å²) in [5.41, 5.74) is 4.79. The Morgan fingerprint density at radius 3 is 2.32 bits per heavy atom. The molecule has 25 heavy (non-hydrogen) atoms. The standard InChI is InChI=1S/C21H22N2O2/c1-13-7-5-8-14(2)23(13)21(24)18-12-6-11-17-19(18)15-9-3-4-10-16(15)20(17)22-25/h3-4,6,9-14,25H,5,7-8H2,1-2H3/b22-20-/t13-,14+. The van der Waals surface area contributed by atoms with Gasteiger partial charge in [0.15, 0.2) is 0 Å². The number of hydrogen-bond donors (Lipinski definition) is 1. The fourth-order valence-corrected chi connectivity index (χ4v) is 4.34. The molecule has 2 aromatic rings. The molecule has 0 radical (unpaired) electrons. The third-order valence-electron chi connectivity index (χ3n) is 5.53. The van der Waals surface area contributed by atoms with E-state index in [1.165, 1.54) is 6.42 Å². The Labute approximate surface area is 147 Å². The molecule has 1 amide bonds. The van der Waals surface area contributed by atoms with Crippen LogP contribution in [0.4, 0.5) is 0 Å². The zero-order valence-electron chi connectivity index (χ0n) is 14.6. The van der Waals surface area contributed by atoms with Gasteiger partial charge in [-0.3, -0.25) is 4.79 Å². The van der Waals surface area contributed by atoms with Gasteiger partial charge in [-0.1, -0.05) is 41.6 Å². The van der Waals surface area contributed by atoms with E-state index in [-0.39, 0.29) is 18.0 Å². The Morgan fingerprint density at radius 2 is 1.64 bits per heavy atom. The topological polar surface area (TPSA) is 52.9 Å². The van der Waals surface area contributed by atoms with Crippen LogP contribution in [0, 0.1) is 0 Å². The molecule has 1 saturated heterocycles. The van der Waals surface area contributed by atoms with Crippen LogP contribution in [0.2, 0.25) is 0 Å². The van der Waals surface area contributed by atoms with Crippen LogP contribution < -0.4 is 0 Å². The summed E-state index contributed by atoms with van der Waals surface area (Å²) >= 11 is 0. The van der Waals surface area contributed by atoms with Gasteiger partial charge in [-0.05, 0) is 44.7 Å². The zero-order valence-corrected chi connectivity index (χ0v) is 14.6. The Kier molecular flexibility index (Phi) is 3.83. The molecule has 4 nitrogen and oxygen atoms in total. The van der Waals surface area contributed by atoms with E-state index >= 15 is 0 Å². The van der Waals surface area contributed by atoms with E-state index in [2.05, 4.69) is 19.0 Å². The minimum atomic E-state index is 0.0746.